The van der Waals surface area contributed by atoms with Crippen LogP contribution in [0.5, 0.6) is 0 Å². The number of amides is 2. The summed E-state index contributed by atoms with van der Waals surface area (Å²) in [7, 11) is 1.67. The number of benzene rings is 2. The van der Waals surface area contributed by atoms with Crippen molar-refractivity contribution >= 4 is 11.8 Å². The molecule has 4 rings (SSSR count). The van der Waals surface area contributed by atoms with Gasteiger partial charge in [0.15, 0.2) is 0 Å². The molecule has 1 aromatic heterocycles. The smallest absolute Gasteiger partial charge is 0.251 e. The second-order valence-corrected chi connectivity index (χ2v) is 8.51. The molecular formula is C26H28FN3O3. The molecule has 1 aliphatic carbocycles. The van der Waals surface area contributed by atoms with Gasteiger partial charge in [-0.25, -0.2) is 4.39 Å². The summed E-state index contributed by atoms with van der Waals surface area (Å²) in [6, 6.07) is 17.9. The van der Waals surface area contributed by atoms with Crippen LogP contribution in [0.1, 0.15) is 40.1 Å². The van der Waals surface area contributed by atoms with Crippen molar-refractivity contribution in [2.24, 2.45) is 0 Å². The Morgan fingerprint density at radius 2 is 1.76 bits per heavy atom. The highest BCUT2D eigenvalue weighted by atomic mass is 19.1. The van der Waals surface area contributed by atoms with Gasteiger partial charge in [-0.3, -0.25) is 14.5 Å². The van der Waals surface area contributed by atoms with E-state index in [0.717, 1.165) is 24.2 Å². The molecule has 0 atom stereocenters. The minimum atomic E-state index is -0.324. The molecule has 3 aromatic rings. The quantitative estimate of drug-likeness (QED) is 0.509. The Kier molecular flexibility index (Phi) is 7.19. The van der Waals surface area contributed by atoms with Crippen LogP contribution in [-0.4, -0.2) is 41.2 Å². The molecule has 0 spiro atoms. The number of hydrogen-bond acceptors (Lipinski definition) is 4. The van der Waals surface area contributed by atoms with Gasteiger partial charge in [-0.05, 0) is 48.7 Å². The standard InChI is InChI=1S/C26H28FN3O3/c1-29(16-21-5-2-3-7-24(21)27)25(31)18-30(17-23-6-4-14-33-23)15-19-8-10-20(11-9-19)26(32)28-22-12-13-22/h2-11,14,22H,12-13,15-18H2,1H3,(H,28,32). The van der Waals surface area contributed by atoms with Crippen LogP contribution in [-0.2, 0) is 24.4 Å². The number of carbonyl (C=O) groups is 2. The Bertz CT molecular complexity index is 1080. The van der Waals surface area contributed by atoms with E-state index in [0.29, 0.717) is 30.3 Å². The van der Waals surface area contributed by atoms with Crippen LogP contribution in [0, 0.1) is 5.82 Å². The summed E-state index contributed by atoms with van der Waals surface area (Å²) in [5, 5.41) is 2.98. The number of furan rings is 1. The van der Waals surface area contributed by atoms with Crippen LogP contribution >= 0.6 is 0 Å². The van der Waals surface area contributed by atoms with Crippen LogP contribution < -0.4 is 5.32 Å². The summed E-state index contributed by atoms with van der Waals surface area (Å²) >= 11 is 0. The maximum absolute atomic E-state index is 14.0. The summed E-state index contributed by atoms with van der Waals surface area (Å²) in [5.41, 5.74) is 2.09. The van der Waals surface area contributed by atoms with E-state index >= 15 is 0 Å². The van der Waals surface area contributed by atoms with Crippen molar-refractivity contribution in [1.82, 2.24) is 15.1 Å². The second kappa shape index (κ2) is 10.4. The molecule has 1 N–H and O–H groups in total. The lowest BCUT2D eigenvalue weighted by Gasteiger charge is -2.25. The van der Waals surface area contributed by atoms with Gasteiger partial charge in [-0.2, -0.15) is 0 Å². The van der Waals surface area contributed by atoms with E-state index < -0.39 is 0 Å². The number of halogens is 1. The number of rotatable bonds is 10. The third-order valence-electron chi connectivity index (χ3n) is 5.64. The first kappa shape index (κ1) is 22.7. The number of likely N-dealkylation sites (N-methyl/N-ethyl adjacent to an activating group) is 1. The number of carbonyl (C=O) groups excluding carboxylic acids is 2. The first-order valence-corrected chi connectivity index (χ1v) is 11.1. The highest BCUT2D eigenvalue weighted by molar-refractivity contribution is 5.94. The monoisotopic (exact) mass is 449 g/mol. The maximum atomic E-state index is 14.0. The van der Waals surface area contributed by atoms with Crippen molar-refractivity contribution in [2.75, 3.05) is 13.6 Å². The van der Waals surface area contributed by atoms with Gasteiger partial charge in [-0.15, -0.1) is 0 Å². The molecule has 0 unspecified atom stereocenters. The third kappa shape index (κ3) is 6.52. The lowest BCUT2D eigenvalue weighted by Crippen LogP contribution is -2.37. The topological polar surface area (TPSA) is 65.8 Å². The molecule has 1 saturated carbocycles. The fourth-order valence-electron chi connectivity index (χ4n) is 3.59. The molecule has 0 bridgehead atoms. The van der Waals surface area contributed by atoms with Crippen LogP contribution in [0.4, 0.5) is 4.39 Å². The summed E-state index contributed by atoms with van der Waals surface area (Å²) in [6.45, 7) is 1.31. The molecule has 1 aliphatic rings. The van der Waals surface area contributed by atoms with Crippen molar-refractivity contribution in [3.8, 4) is 0 Å². The van der Waals surface area contributed by atoms with Crippen molar-refractivity contribution in [3.05, 3.63) is 95.2 Å². The fourth-order valence-corrected chi connectivity index (χ4v) is 3.59. The second-order valence-electron chi connectivity index (χ2n) is 8.51. The van der Waals surface area contributed by atoms with E-state index in [4.69, 9.17) is 4.42 Å². The molecule has 0 saturated heterocycles. The predicted octanol–water partition coefficient (Wildman–Crippen LogP) is 3.97. The largest absolute Gasteiger partial charge is 0.468 e. The van der Waals surface area contributed by atoms with E-state index in [2.05, 4.69) is 5.32 Å². The maximum Gasteiger partial charge on any atom is 0.251 e. The summed E-state index contributed by atoms with van der Waals surface area (Å²) in [5.74, 6) is 0.252. The van der Waals surface area contributed by atoms with Gasteiger partial charge in [0.05, 0.1) is 19.4 Å². The average Bonchev–Trinajstić information content (AvgIpc) is 3.47. The van der Waals surface area contributed by atoms with Gasteiger partial charge in [0.2, 0.25) is 5.91 Å². The lowest BCUT2D eigenvalue weighted by atomic mass is 10.1. The van der Waals surface area contributed by atoms with E-state index in [1.807, 2.05) is 41.3 Å². The zero-order valence-electron chi connectivity index (χ0n) is 18.7. The highest BCUT2D eigenvalue weighted by Gasteiger charge is 2.24. The Balaban J connectivity index is 1.40. The van der Waals surface area contributed by atoms with Crippen LogP contribution in [0.2, 0.25) is 0 Å². The minimum absolute atomic E-state index is 0.0542. The molecule has 7 heteroatoms. The zero-order valence-corrected chi connectivity index (χ0v) is 18.7. The van der Waals surface area contributed by atoms with E-state index in [9.17, 15) is 14.0 Å². The Hall–Kier alpha value is -3.45. The van der Waals surface area contributed by atoms with Gasteiger partial charge in [0.1, 0.15) is 11.6 Å². The first-order valence-electron chi connectivity index (χ1n) is 11.1. The summed E-state index contributed by atoms with van der Waals surface area (Å²) in [4.78, 5) is 28.6. The zero-order chi connectivity index (χ0) is 23.2. The van der Waals surface area contributed by atoms with Crippen molar-refractivity contribution in [3.63, 3.8) is 0 Å². The van der Waals surface area contributed by atoms with Crippen LogP contribution in [0.25, 0.3) is 0 Å². The lowest BCUT2D eigenvalue weighted by molar-refractivity contribution is -0.132. The molecule has 6 nitrogen and oxygen atoms in total. The van der Waals surface area contributed by atoms with Crippen LogP contribution in [0.3, 0.4) is 0 Å². The fraction of sp³-hybridized carbons (Fsp3) is 0.308. The normalized spacial score (nSPS) is 13.2. The first-order chi connectivity index (χ1) is 16.0. The van der Waals surface area contributed by atoms with Crippen molar-refractivity contribution in [1.29, 1.82) is 0 Å². The molecule has 2 amide bonds. The minimum Gasteiger partial charge on any atom is -0.468 e. The molecule has 2 aromatic carbocycles. The SMILES string of the molecule is CN(Cc1ccccc1F)C(=O)CN(Cc1ccc(C(=O)NC2CC2)cc1)Cc1ccco1. The summed E-state index contributed by atoms with van der Waals surface area (Å²) in [6.07, 6.45) is 3.70. The number of nitrogens with zero attached hydrogens (tertiary/aromatic N) is 2. The summed E-state index contributed by atoms with van der Waals surface area (Å²) < 4.78 is 19.5. The molecule has 1 heterocycles. The highest BCUT2D eigenvalue weighted by Crippen LogP contribution is 2.20. The molecule has 172 valence electrons. The number of hydrogen-bond donors (Lipinski definition) is 1. The average molecular weight is 450 g/mol. The van der Waals surface area contributed by atoms with Gasteiger partial charge in [0, 0.05) is 37.3 Å². The van der Waals surface area contributed by atoms with Gasteiger partial charge in [-0.1, -0.05) is 30.3 Å². The van der Waals surface area contributed by atoms with E-state index in [1.54, 1.807) is 31.5 Å². The van der Waals surface area contributed by atoms with Gasteiger partial charge < -0.3 is 14.6 Å². The Labute approximate surface area is 193 Å². The van der Waals surface area contributed by atoms with Gasteiger partial charge in [0.25, 0.3) is 5.91 Å². The Morgan fingerprint density at radius 1 is 1.00 bits per heavy atom. The molecule has 0 aliphatic heterocycles. The molecular weight excluding hydrogens is 421 g/mol. The van der Waals surface area contributed by atoms with Crippen molar-refractivity contribution < 1.29 is 18.4 Å². The Morgan fingerprint density at radius 3 is 2.42 bits per heavy atom. The molecule has 33 heavy (non-hydrogen) atoms. The molecule has 1 fully saturated rings. The number of nitrogens with one attached hydrogen (secondary N) is 1. The van der Waals surface area contributed by atoms with E-state index in [-0.39, 0.29) is 30.7 Å². The van der Waals surface area contributed by atoms with E-state index in [1.165, 1.54) is 11.0 Å². The van der Waals surface area contributed by atoms with Crippen LogP contribution in [0.15, 0.2) is 71.3 Å². The third-order valence-corrected chi connectivity index (χ3v) is 5.64. The molecule has 0 radical (unpaired) electrons. The van der Waals surface area contributed by atoms with Gasteiger partial charge >= 0.3 is 0 Å². The predicted molar refractivity (Wildman–Crippen MR) is 123 cm³/mol. The van der Waals surface area contributed by atoms with Crippen molar-refractivity contribution in [2.45, 2.75) is 38.5 Å².